The minimum atomic E-state index is -1.06. The van der Waals surface area contributed by atoms with Crippen LogP contribution >= 0.6 is 0 Å². The normalized spacial score (nSPS) is 14.2. The van der Waals surface area contributed by atoms with Crippen LogP contribution in [0, 0.1) is 0 Å². The number of hydrogen-bond acceptors (Lipinski definition) is 5. The molecule has 0 bridgehead atoms. The molecule has 0 radical (unpaired) electrons. The Morgan fingerprint density at radius 3 is 2.31 bits per heavy atom. The summed E-state index contributed by atoms with van der Waals surface area (Å²) in [6.07, 6.45) is 2.38. The number of fused-ring (bicyclic) bond motifs is 3. The number of alkyl carbamates (subject to hydrolysis) is 1. The smallest absolute Gasteiger partial charge is 0.407 e. The maximum Gasteiger partial charge on any atom is 0.407 e. The van der Waals surface area contributed by atoms with Gasteiger partial charge in [-0.1, -0.05) is 48.5 Å². The lowest BCUT2D eigenvalue weighted by Crippen LogP contribution is -2.38. The van der Waals surface area contributed by atoms with Gasteiger partial charge in [0.05, 0.1) is 24.0 Å². The van der Waals surface area contributed by atoms with Gasteiger partial charge in [-0.3, -0.25) is 14.3 Å². The van der Waals surface area contributed by atoms with Crippen molar-refractivity contribution in [1.29, 1.82) is 0 Å². The molecule has 180 valence electrons. The quantitative estimate of drug-likeness (QED) is 0.519. The Bertz CT molecular complexity index is 1250. The summed E-state index contributed by atoms with van der Waals surface area (Å²) in [5.74, 6) is -1.51. The van der Waals surface area contributed by atoms with Gasteiger partial charge < -0.3 is 20.1 Å². The molecule has 2 N–H and O–H groups in total. The molecule has 35 heavy (non-hydrogen) atoms. The molecule has 0 saturated heterocycles. The number of nitrogens with one attached hydrogen (secondary N) is 1. The van der Waals surface area contributed by atoms with Gasteiger partial charge in [0.25, 0.3) is 5.91 Å². The van der Waals surface area contributed by atoms with Crippen molar-refractivity contribution in [3.8, 4) is 11.1 Å². The average Bonchev–Trinajstić information content (AvgIpc) is 3.56. The molecule has 0 spiro atoms. The van der Waals surface area contributed by atoms with Crippen LogP contribution in [-0.2, 0) is 23.1 Å². The fraction of sp³-hybridized carbons (Fsp3) is 0.308. The lowest BCUT2D eigenvalue weighted by atomic mass is 9.98. The standard InChI is InChI=1S/C26H26N4O5/c1-29-23(21(12-28-29)25(33)30(14-24(31)32)16-10-11-16)13-27-26(34)35-15-22-19-8-4-2-6-17(19)18-7-3-5-9-20(18)22/h2-9,12,16,22H,10-11,13-15H2,1H3,(H,27,34)(H,31,32). The summed E-state index contributed by atoms with van der Waals surface area (Å²) in [6, 6.07) is 16.1. The molecular weight excluding hydrogens is 448 g/mol. The molecule has 2 aromatic carbocycles. The van der Waals surface area contributed by atoms with E-state index in [-0.39, 0.29) is 37.2 Å². The van der Waals surface area contributed by atoms with E-state index in [0.717, 1.165) is 35.1 Å². The third-order valence-corrected chi connectivity index (χ3v) is 6.59. The highest BCUT2D eigenvalue weighted by molar-refractivity contribution is 5.97. The molecule has 5 rings (SSSR count). The van der Waals surface area contributed by atoms with Gasteiger partial charge in [-0.05, 0) is 35.1 Å². The number of nitrogens with zero attached hydrogens (tertiary/aromatic N) is 3. The Kier molecular flexibility index (Phi) is 5.98. The minimum Gasteiger partial charge on any atom is -0.480 e. The van der Waals surface area contributed by atoms with E-state index in [1.165, 1.54) is 15.8 Å². The van der Waals surface area contributed by atoms with Crippen LogP contribution in [0.3, 0.4) is 0 Å². The SMILES string of the molecule is Cn1ncc(C(=O)N(CC(=O)O)C2CC2)c1CNC(=O)OCC1c2ccccc2-c2ccccc21. The first-order valence-electron chi connectivity index (χ1n) is 11.6. The molecule has 9 nitrogen and oxygen atoms in total. The fourth-order valence-electron chi connectivity index (χ4n) is 4.71. The minimum absolute atomic E-state index is 0.0276. The molecule has 1 aromatic heterocycles. The first kappa shape index (κ1) is 22.6. The monoisotopic (exact) mass is 474 g/mol. The maximum absolute atomic E-state index is 13.0. The number of aryl methyl sites for hydroxylation is 1. The predicted molar refractivity (Wildman–Crippen MR) is 127 cm³/mol. The summed E-state index contributed by atoms with van der Waals surface area (Å²) in [5.41, 5.74) is 5.31. The second-order valence-electron chi connectivity index (χ2n) is 8.87. The van der Waals surface area contributed by atoms with Crippen LogP contribution in [0.25, 0.3) is 11.1 Å². The summed E-state index contributed by atoms with van der Waals surface area (Å²) in [6.45, 7) is -0.150. The Labute approximate surface area is 202 Å². The van der Waals surface area contributed by atoms with Gasteiger partial charge >= 0.3 is 12.1 Å². The Hall–Kier alpha value is -4.14. The van der Waals surface area contributed by atoms with E-state index in [4.69, 9.17) is 4.74 Å². The predicted octanol–water partition coefficient (Wildman–Crippen LogP) is 3.15. The highest BCUT2D eigenvalue weighted by Gasteiger charge is 2.36. The van der Waals surface area contributed by atoms with Gasteiger partial charge in [0.1, 0.15) is 13.2 Å². The van der Waals surface area contributed by atoms with Gasteiger partial charge in [0.15, 0.2) is 0 Å². The second kappa shape index (κ2) is 9.25. The number of benzene rings is 2. The number of amides is 2. The van der Waals surface area contributed by atoms with Crippen molar-refractivity contribution in [1.82, 2.24) is 20.0 Å². The topological polar surface area (TPSA) is 114 Å². The fourth-order valence-corrected chi connectivity index (χ4v) is 4.71. The Balaban J connectivity index is 1.24. The summed E-state index contributed by atoms with van der Waals surface area (Å²) in [4.78, 5) is 38.2. The van der Waals surface area contributed by atoms with Crippen molar-refractivity contribution in [3.05, 3.63) is 77.1 Å². The molecule has 1 saturated carbocycles. The molecule has 2 aliphatic carbocycles. The number of carboxylic acids is 1. The van der Waals surface area contributed by atoms with Crippen LogP contribution < -0.4 is 5.32 Å². The maximum atomic E-state index is 13.0. The molecular formula is C26H26N4O5. The molecule has 0 aliphatic heterocycles. The number of rotatable bonds is 8. The first-order valence-corrected chi connectivity index (χ1v) is 11.6. The Morgan fingerprint density at radius 2 is 1.71 bits per heavy atom. The van der Waals surface area contributed by atoms with Gasteiger partial charge in [-0.25, -0.2) is 4.79 Å². The van der Waals surface area contributed by atoms with Crippen LogP contribution in [-0.4, -0.2) is 57.0 Å². The zero-order chi connectivity index (χ0) is 24.5. The summed E-state index contributed by atoms with van der Waals surface area (Å²) in [7, 11) is 1.67. The van der Waals surface area contributed by atoms with Crippen molar-refractivity contribution in [2.24, 2.45) is 7.05 Å². The molecule has 9 heteroatoms. The number of carbonyl (C=O) groups excluding carboxylic acids is 2. The van der Waals surface area contributed by atoms with E-state index in [0.29, 0.717) is 5.69 Å². The number of hydrogen-bond donors (Lipinski definition) is 2. The van der Waals surface area contributed by atoms with Crippen LogP contribution in [0.4, 0.5) is 4.79 Å². The highest BCUT2D eigenvalue weighted by atomic mass is 16.5. The van der Waals surface area contributed by atoms with Gasteiger partial charge in [0, 0.05) is 19.0 Å². The van der Waals surface area contributed by atoms with Crippen LogP contribution in [0.15, 0.2) is 54.7 Å². The number of aromatic nitrogens is 2. The molecule has 1 fully saturated rings. The van der Waals surface area contributed by atoms with Crippen LogP contribution in [0.5, 0.6) is 0 Å². The largest absolute Gasteiger partial charge is 0.480 e. The molecule has 0 atom stereocenters. The van der Waals surface area contributed by atoms with E-state index in [1.54, 1.807) is 7.05 Å². The lowest BCUT2D eigenvalue weighted by molar-refractivity contribution is -0.137. The number of ether oxygens (including phenoxy) is 1. The third kappa shape index (κ3) is 4.49. The van der Waals surface area contributed by atoms with Crippen molar-refractivity contribution in [3.63, 3.8) is 0 Å². The van der Waals surface area contributed by atoms with Crippen molar-refractivity contribution >= 4 is 18.0 Å². The summed E-state index contributed by atoms with van der Waals surface area (Å²) < 4.78 is 7.08. The van der Waals surface area contributed by atoms with Gasteiger partial charge in [-0.2, -0.15) is 5.10 Å². The summed E-state index contributed by atoms with van der Waals surface area (Å²) in [5, 5.41) is 16.0. The zero-order valence-electron chi connectivity index (χ0n) is 19.3. The lowest BCUT2D eigenvalue weighted by Gasteiger charge is -2.20. The van der Waals surface area contributed by atoms with E-state index >= 15 is 0 Å². The molecule has 2 amide bonds. The van der Waals surface area contributed by atoms with Crippen LogP contribution in [0.1, 0.15) is 45.9 Å². The highest BCUT2D eigenvalue weighted by Crippen LogP contribution is 2.44. The summed E-state index contributed by atoms with van der Waals surface area (Å²) >= 11 is 0. The van der Waals surface area contributed by atoms with Gasteiger partial charge in [-0.15, -0.1) is 0 Å². The van der Waals surface area contributed by atoms with Crippen LogP contribution in [0.2, 0.25) is 0 Å². The van der Waals surface area contributed by atoms with Crippen molar-refractivity contribution in [2.75, 3.05) is 13.2 Å². The first-order chi connectivity index (χ1) is 16.9. The molecule has 2 aliphatic rings. The molecule has 3 aromatic rings. The second-order valence-corrected chi connectivity index (χ2v) is 8.87. The van der Waals surface area contributed by atoms with E-state index in [2.05, 4.69) is 34.7 Å². The van der Waals surface area contributed by atoms with E-state index < -0.39 is 18.0 Å². The average molecular weight is 475 g/mol. The zero-order valence-corrected chi connectivity index (χ0v) is 19.3. The Morgan fingerprint density at radius 1 is 1.09 bits per heavy atom. The third-order valence-electron chi connectivity index (χ3n) is 6.59. The molecule has 1 heterocycles. The van der Waals surface area contributed by atoms with Crippen molar-refractivity contribution in [2.45, 2.75) is 31.3 Å². The van der Waals surface area contributed by atoms with E-state index in [1.807, 2.05) is 24.3 Å². The molecule has 0 unspecified atom stereocenters. The number of carbonyl (C=O) groups is 3. The van der Waals surface area contributed by atoms with Crippen molar-refractivity contribution < 1.29 is 24.2 Å². The number of aliphatic carboxylic acids is 1. The van der Waals surface area contributed by atoms with Gasteiger partial charge in [0.2, 0.25) is 0 Å². The van der Waals surface area contributed by atoms with E-state index in [9.17, 15) is 19.5 Å². The number of carboxylic acid groups (broad SMARTS) is 1.